The van der Waals surface area contributed by atoms with E-state index in [0.29, 0.717) is 28.3 Å². The minimum Gasteiger partial charge on any atom is -0.454 e. The molecule has 1 aromatic carbocycles. The Hall–Kier alpha value is -2.89. The summed E-state index contributed by atoms with van der Waals surface area (Å²) in [5.74, 6) is -0.125. The summed E-state index contributed by atoms with van der Waals surface area (Å²) in [7, 11) is -4.17. The van der Waals surface area contributed by atoms with Crippen LogP contribution in [0.15, 0.2) is 33.0 Å². The molecule has 0 atom stereocenters. The molecule has 31 heavy (non-hydrogen) atoms. The number of benzene rings is 1. The molecule has 0 unspecified atom stereocenters. The van der Waals surface area contributed by atoms with Crippen LogP contribution in [-0.2, 0) is 16.4 Å². The highest BCUT2D eigenvalue weighted by atomic mass is 35.5. The molecule has 0 saturated carbocycles. The smallest absolute Gasteiger partial charge is 0.265 e. The first-order valence-electron chi connectivity index (χ1n) is 8.86. The molecule has 0 aliphatic carbocycles. The van der Waals surface area contributed by atoms with Gasteiger partial charge < -0.3 is 14.0 Å². The monoisotopic (exact) mass is 482 g/mol. The molecular formula is C19H15ClN2O7S2. The third-order valence-electron chi connectivity index (χ3n) is 4.52. The van der Waals surface area contributed by atoms with Gasteiger partial charge in [-0.05, 0) is 43.0 Å². The molecule has 1 N–H and O–H groups in total. The second-order valence-corrected chi connectivity index (χ2v) is 9.59. The number of fused-ring (bicyclic) bond motifs is 1. The second-order valence-electron chi connectivity index (χ2n) is 6.65. The Morgan fingerprint density at radius 1 is 1.26 bits per heavy atom. The second kappa shape index (κ2) is 7.98. The maximum atomic E-state index is 13.0. The van der Waals surface area contributed by atoms with E-state index in [1.807, 2.05) is 0 Å². The third-order valence-corrected chi connectivity index (χ3v) is 7.42. The number of aryl methyl sites for hydroxylation is 1. The zero-order chi connectivity index (χ0) is 22.3. The van der Waals surface area contributed by atoms with Crippen molar-refractivity contribution >= 4 is 50.4 Å². The standard InChI is InChI=1S/C19H15ClN2O7S2/c1-9-17(20)19(29-21-9)22-31(25,26)16-3-4-30-18(16)13(24)5-11-6-14-15(28-8-27-14)7-12(11)10(2)23/h3-4,6-7,22H,5,8H2,1-2H3. The van der Waals surface area contributed by atoms with E-state index in [4.69, 9.17) is 25.6 Å². The molecule has 0 spiro atoms. The highest BCUT2D eigenvalue weighted by Gasteiger charge is 2.28. The lowest BCUT2D eigenvalue weighted by Gasteiger charge is -2.09. The Morgan fingerprint density at radius 2 is 1.97 bits per heavy atom. The number of carbonyl (C=O) groups excluding carboxylic acids is 2. The van der Waals surface area contributed by atoms with Crippen LogP contribution in [0.2, 0.25) is 5.02 Å². The van der Waals surface area contributed by atoms with Gasteiger partial charge in [0.2, 0.25) is 6.79 Å². The molecule has 0 bridgehead atoms. The lowest BCUT2D eigenvalue weighted by molar-refractivity contribution is 0.0993. The molecule has 0 saturated heterocycles. The van der Waals surface area contributed by atoms with Crippen molar-refractivity contribution in [2.75, 3.05) is 11.5 Å². The predicted molar refractivity (Wildman–Crippen MR) is 112 cm³/mol. The van der Waals surface area contributed by atoms with Gasteiger partial charge in [0.05, 0.1) is 4.88 Å². The number of ketones is 2. The molecule has 12 heteroatoms. The number of sulfonamides is 1. The number of hydrogen-bond acceptors (Lipinski definition) is 9. The predicted octanol–water partition coefficient (Wildman–Crippen LogP) is 3.86. The quantitative estimate of drug-likeness (QED) is 0.503. The zero-order valence-corrected chi connectivity index (χ0v) is 18.6. The topological polar surface area (TPSA) is 125 Å². The Kier molecular flexibility index (Phi) is 5.50. The summed E-state index contributed by atoms with van der Waals surface area (Å²) in [6.45, 7) is 2.95. The van der Waals surface area contributed by atoms with Gasteiger partial charge in [-0.3, -0.25) is 9.59 Å². The lowest BCUT2D eigenvalue weighted by Crippen LogP contribution is -2.16. The number of ether oxygens (including phenoxy) is 2. The van der Waals surface area contributed by atoms with Gasteiger partial charge in [-0.25, -0.2) is 13.1 Å². The van der Waals surface area contributed by atoms with Crippen molar-refractivity contribution in [2.45, 2.75) is 25.2 Å². The molecule has 0 amide bonds. The number of rotatable bonds is 7. The summed E-state index contributed by atoms with van der Waals surface area (Å²) >= 11 is 6.95. The Labute approximate surface area is 185 Å². The summed E-state index contributed by atoms with van der Waals surface area (Å²) in [6, 6.07) is 4.39. The van der Waals surface area contributed by atoms with Crippen molar-refractivity contribution in [2.24, 2.45) is 0 Å². The first-order chi connectivity index (χ1) is 14.7. The third kappa shape index (κ3) is 4.03. The fourth-order valence-corrected chi connectivity index (χ4v) is 5.58. The fourth-order valence-electron chi connectivity index (χ4n) is 3.02. The average Bonchev–Trinajstić information content (AvgIpc) is 3.44. The van der Waals surface area contributed by atoms with Gasteiger partial charge in [0.1, 0.15) is 15.6 Å². The first-order valence-corrected chi connectivity index (χ1v) is 11.6. The largest absolute Gasteiger partial charge is 0.454 e. The van der Waals surface area contributed by atoms with E-state index in [2.05, 4.69) is 9.88 Å². The van der Waals surface area contributed by atoms with Gasteiger partial charge in [0.25, 0.3) is 15.9 Å². The van der Waals surface area contributed by atoms with Crippen molar-refractivity contribution in [1.82, 2.24) is 5.16 Å². The van der Waals surface area contributed by atoms with Crippen LogP contribution in [0.1, 0.15) is 38.2 Å². The van der Waals surface area contributed by atoms with Crippen LogP contribution >= 0.6 is 22.9 Å². The van der Waals surface area contributed by atoms with E-state index >= 15 is 0 Å². The van der Waals surface area contributed by atoms with E-state index in [0.717, 1.165) is 11.3 Å². The normalized spacial score (nSPS) is 12.7. The van der Waals surface area contributed by atoms with Crippen molar-refractivity contribution in [3.05, 3.63) is 50.3 Å². The summed E-state index contributed by atoms with van der Waals surface area (Å²) < 4.78 is 43.4. The number of hydrogen-bond donors (Lipinski definition) is 1. The molecule has 4 rings (SSSR count). The highest BCUT2D eigenvalue weighted by molar-refractivity contribution is 7.93. The van der Waals surface area contributed by atoms with Crippen LogP contribution in [0.25, 0.3) is 0 Å². The summed E-state index contributed by atoms with van der Waals surface area (Å²) in [5.41, 5.74) is 1.04. The van der Waals surface area contributed by atoms with Crippen LogP contribution in [-0.4, -0.2) is 31.9 Å². The molecule has 0 radical (unpaired) electrons. The minimum atomic E-state index is -4.17. The number of Topliss-reactive ketones (excluding diaryl/α,β-unsaturated/α-hetero) is 2. The van der Waals surface area contributed by atoms with Crippen LogP contribution in [0, 0.1) is 6.92 Å². The number of nitrogens with one attached hydrogen (secondary N) is 1. The molecule has 9 nitrogen and oxygen atoms in total. The van der Waals surface area contributed by atoms with Gasteiger partial charge >= 0.3 is 0 Å². The Balaban J connectivity index is 1.64. The number of carbonyl (C=O) groups is 2. The van der Waals surface area contributed by atoms with Crippen molar-refractivity contribution < 1.29 is 32.0 Å². The molecule has 1 aliphatic heterocycles. The van der Waals surface area contributed by atoms with E-state index < -0.39 is 15.8 Å². The Morgan fingerprint density at radius 3 is 2.61 bits per heavy atom. The number of anilines is 1. The van der Waals surface area contributed by atoms with Crippen LogP contribution < -0.4 is 14.2 Å². The van der Waals surface area contributed by atoms with Gasteiger partial charge in [-0.15, -0.1) is 11.3 Å². The zero-order valence-electron chi connectivity index (χ0n) is 16.2. The number of aromatic nitrogens is 1. The molecule has 3 aromatic rings. The van der Waals surface area contributed by atoms with E-state index in [1.165, 1.54) is 24.4 Å². The maximum absolute atomic E-state index is 13.0. The molecule has 162 valence electrons. The summed E-state index contributed by atoms with van der Waals surface area (Å²) in [5, 5.41) is 5.11. The van der Waals surface area contributed by atoms with Crippen LogP contribution in [0.4, 0.5) is 5.88 Å². The lowest BCUT2D eigenvalue weighted by atomic mass is 9.98. The molecular weight excluding hydrogens is 468 g/mol. The highest BCUT2D eigenvalue weighted by Crippen LogP contribution is 2.36. The molecule has 0 fully saturated rings. The van der Waals surface area contributed by atoms with E-state index in [-0.39, 0.29) is 39.7 Å². The number of nitrogens with zero attached hydrogens (tertiary/aromatic N) is 1. The van der Waals surface area contributed by atoms with E-state index in [9.17, 15) is 18.0 Å². The van der Waals surface area contributed by atoms with Crippen molar-refractivity contribution in [3.8, 4) is 11.5 Å². The van der Waals surface area contributed by atoms with E-state index in [1.54, 1.807) is 13.0 Å². The van der Waals surface area contributed by atoms with Gasteiger partial charge in [0.15, 0.2) is 23.1 Å². The van der Waals surface area contributed by atoms with Gasteiger partial charge in [-0.2, -0.15) is 0 Å². The fraction of sp³-hybridized carbons (Fsp3) is 0.211. The first kappa shape index (κ1) is 21.3. The van der Waals surface area contributed by atoms with Gasteiger partial charge in [0, 0.05) is 12.0 Å². The van der Waals surface area contributed by atoms with Gasteiger partial charge in [-0.1, -0.05) is 16.8 Å². The summed E-state index contributed by atoms with van der Waals surface area (Å²) in [6.07, 6.45) is -0.198. The minimum absolute atomic E-state index is 0.00651. The van der Waals surface area contributed by atoms with Crippen molar-refractivity contribution in [1.29, 1.82) is 0 Å². The number of halogens is 1. The SMILES string of the molecule is CC(=O)c1cc2c(cc1CC(=O)c1sccc1S(=O)(=O)Nc1onc(C)c1Cl)OCO2. The molecule has 2 aromatic heterocycles. The Bertz CT molecular complexity index is 1310. The molecule has 1 aliphatic rings. The average molecular weight is 483 g/mol. The maximum Gasteiger partial charge on any atom is 0.265 e. The number of thiophene rings is 1. The van der Waals surface area contributed by atoms with Crippen LogP contribution in [0.3, 0.4) is 0 Å². The van der Waals surface area contributed by atoms with Crippen molar-refractivity contribution in [3.63, 3.8) is 0 Å². The van der Waals surface area contributed by atoms with Crippen LogP contribution in [0.5, 0.6) is 11.5 Å². The summed E-state index contributed by atoms with van der Waals surface area (Å²) in [4.78, 5) is 24.9. The molecule has 3 heterocycles.